The Morgan fingerprint density at radius 2 is 1.73 bits per heavy atom. The van der Waals surface area contributed by atoms with Gasteiger partial charge in [-0.1, -0.05) is 12.1 Å². The summed E-state index contributed by atoms with van der Waals surface area (Å²) in [6.45, 7) is 6.87. The summed E-state index contributed by atoms with van der Waals surface area (Å²) in [6, 6.07) is 5.40. The average Bonchev–Trinajstić information content (AvgIpc) is 2.48. The van der Waals surface area contributed by atoms with Crippen LogP contribution in [0.4, 0.5) is 13.2 Å². The van der Waals surface area contributed by atoms with Crippen molar-refractivity contribution in [3.05, 3.63) is 35.4 Å². The molecule has 1 saturated heterocycles. The maximum atomic E-state index is 12.5. The summed E-state index contributed by atoms with van der Waals surface area (Å²) in [5.74, 6) is 0. The Morgan fingerprint density at radius 3 is 2.23 bits per heavy atom. The summed E-state index contributed by atoms with van der Waals surface area (Å²) in [5.41, 5.74) is 0.299. The van der Waals surface area contributed by atoms with Crippen molar-refractivity contribution >= 4 is 17.3 Å². The van der Waals surface area contributed by atoms with Gasteiger partial charge in [0.2, 0.25) is 0 Å². The van der Waals surface area contributed by atoms with E-state index in [2.05, 4.69) is 15.1 Å². The second-order valence-corrected chi connectivity index (χ2v) is 5.68. The van der Waals surface area contributed by atoms with E-state index in [-0.39, 0.29) is 0 Å². The van der Waals surface area contributed by atoms with E-state index in [1.54, 1.807) is 12.1 Å². The summed E-state index contributed by atoms with van der Waals surface area (Å²) >= 11 is 5.28. The molecule has 7 heteroatoms. The second kappa shape index (κ2) is 7.28. The maximum Gasteiger partial charge on any atom is 0.416 e. The van der Waals surface area contributed by atoms with E-state index in [1.807, 2.05) is 6.92 Å². The van der Waals surface area contributed by atoms with Crippen molar-refractivity contribution in [2.24, 2.45) is 0 Å². The predicted molar refractivity (Wildman–Crippen MR) is 84.6 cm³/mol. The molecule has 0 saturated carbocycles. The molecular weight excluding hydrogens is 311 g/mol. The van der Waals surface area contributed by atoms with Crippen LogP contribution in [-0.2, 0) is 12.7 Å². The van der Waals surface area contributed by atoms with Gasteiger partial charge in [0.15, 0.2) is 5.11 Å². The van der Waals surface area contributed by atoms with Gasteiger partial charge in [-0.2, -0.15) is 13.2 Å². The summed E-state index contributed by atoms with van der Waals surface area (Å²) in [6.07, 6.45) is -4.27. The zero-order valence-corrected chi connectivity index (χ0v) is 13.3. The number of piperazine rings is 1. The van der Waals surface area contributed by atoms with Gasteiger partial charge in [0.25, 0.3) is 0 Å². The van der Waals surface area contributed by atoms with Gasteiger partial charge in [-0.25, -0.2) is 0 Å². The van der Waals surface area contributed by atoms with Crippen LogP contribution in [0.1, 0.15) is 18.1 Å². The third kappa shape index (κ3) is 4.58. The van der Waals surface area contributed by atoms with E-state index in [1.165, 1.54) is 0 Å². The summed E-state index contributed by atoms with van der Waals surface area (Å²) in [7, 11) is 0. The Labute approximate surface area is 134 Å². The first kappa shape index (κ1) is 17.0. The Hall–Kier alpha value is -1.34. The van der Waals surface area contributed by atoms with Crippen molar-refractivity contribution in [2.75, 3.05) is 32.7 Å². The van der Waals surface area contributed by atoms with Crippen LogP contribution in [0.25, 0.3) is 0 Å². The van der Waals surface area contributed by atoms with Crippen molar-refractivity contribution in [2.45, 2.75) is 19.6 Å². The summed E-state index contributed by atoms with van der Waals surface area (Å²) in [5, 5.41) is 3.91. The molecule has 122 valence electrons. The molecule has 0 radical (unpaired) electrons. The Balaban J connectivity index is 1.84. The van der Waals surface area contributed by atoms with Crippen molar-refractivity contribution in [1.82, 2.24) is 15.1 Å². The molecule has 1 heterocycles. The second-order valence-electron chi connectivity index (χ2n) is 5.29. The lowest BCUT2D eigenvalue weighted by molar-refractivity contribution is -0.137. The van der Waals surface area contributed by atoms with E-state index in [4.69, 9.17) is 12.2 Å². The van der Waals surface area contributed by atoms with Gasteiger partial charge >= 0.3 is 6.18 Å². The first-order chi connectivity index (χ1) is 10.4. The van der Waals surface area contributed by atoms with Crippen LogP contribution < -0.4 is 5.32 Å². The van der Waals surface area contributed by atoms with Crippen molar-refractivity contribution < 1.29 is 13.2 Å². The van der Waals surface area contributed by atoms with Crippen LogP contribution >= 0.6 is 12.2 Å². The quantitative estimate of drug-likeness (QED) is 0.858. The highest BCUT2D eigenvalue weighted by atomic mass is 32.1. The molecular formula is C15H20F3N3S. The third-order valence-corrected chi connectivity index (χ3v) is 4.08. The minimum atomic E-state index is -4.27. The standard InChI is InChI=1S/C15H20F3N3S/c1-2-19-14(22)21-9-7-20(8-10-21)11-12-3-5-13(6-4-12)15(16,17)18/h3-6H,2,7-11H2,1H3,(H,19,22). The maximum absolute atomic E-state index is 12.5. The Kier molecular flexibility index (Phi) is 5.63. The number of thiocarbonyl (C=S) groups is 1. The Bertz CT molecular complexity index is 494. The molecule has 1 aliphatic heterocycles. The van der Waals surface area contributed by atoms with Gasteiger partial charge in [0.1, 0.15) is 0 Å². The third-order valence-electron chi connectivity index (χ3n) is 3.67. The molecule has 0 unspecified atom stereocenters. The highest BCUT2D eigenvalue weighted by molar-refractivity contribution is 7.80. The fraction of sp³-hybridized carbons (Fsp3) is 0.533. The molecule has 22 heavy (non-hydrogen) atoms. The van der Waals surface area contributed by atoms with Crippen LogP contribution in [0.3, 0.4) is 0 Å². The van der Waals surface area contributed by atoms with Crippen LogP contribution in [-0.4, -0.2) is 47.6 Å². The number of hydrogen-bond acceptors (Lipinski definition) is 2. The van der Waals surface area contributed by atoms with Gasteiger partial charge in [0.05, 0.1) is 5.56 Å². The molecule has 3 nitrogen and oxygen atoms in total. The SMILES string of the molecule is CCNC(=S)N1CCN(Cc2ccc(C(F)(F)F)cc2)CC1. The molecule has 0 amide bonds. The van der Waals surface area contributed by atoms with E-state index >= 15 is 0 Å². The highest BCUT2D eigenvalue weighted by Crippen LogP contribution is 2.29. The number of hydrogen-bond donors (Lipinski definition) is 1. The predicted octanol–water partition coefficient (Wildman–Crippen LogP) is 2.72. The molecule has 0 aromatic heterocycles. The molecule has 1 fully saturated rings. The smallest absolute Gasteiger partial charge is 0.363 e. The molecule has 1 aliphatic rings. The van der Waals surface area contributed by atoms with Gasteiger partial charge < -0.3 is 10.2 Å². The largest absolute Gasteiger partial charge is 0.416 e. The summed E-state index contributed by atoms with van der Waals surface area (Å²) in [4.78, 5) is 4.36. The number of rotatable bonds is 3. The fourth-order valence-corrected chi connectivity index (χ4v) is 2.76. The average molecular weight is 331 g/mol. The van der Waals surface area contributed by atoms with E-state index < -0.39 is 11.7 Å². The van der Waals surface area contributed by atoms with Gasteiger partial charge in [-0.05, 0) is 36.8 Å². The van der Waals surface area contributed by atoms with Crippen molar-refractivity contribution in [3.63, 3.8) is 0 Å². The molecule has 0 aliphatic carbocycles. The topological polar surface area (TPSA) is 18.5 Å². The van der Waals surface area contributed by atoms with Crippen LogP contribution in [0.2, 0.25) is 0 Å². The lowest BCUT2D eigenvalue weighted by atomic mass is 10.1. The lowest BCUT2D eigenvalue weighted by Crippen LogP contribution is -2.51. The van der Waals surface area contributed by atoms with Crippen LogP contribution in [0.15, 0.2) is 24.3 Å². The van der Waals surface area contributed by atoms with Crippen molar-refractivity contribution in [3.8, 4) is 0 Å². The minimum Gasteiger partial charge on any atom is -0.363 e. The normalized spacial score (nSPS) is 16.6. The molecule has 1 aromatic carbocycles. The molecule has 0 atom stereocenters. The number of nitrogens with zero attached hydrogens (tertiary/aromatic N) is 2. The molecule has 0 bridgehead atoms. The molecule has 1 aromatic rings. The zero-order chi connectivity index (χ0) is 16.2. The van der Waals surface area contributed by atoms with Crippen molar-refractivity contribution in [1.29, 1.82) is 0 Å². The van der Waals surface area contributed by atoms with Crippen LogP contribution in [0, 0.1) is 0 Å². The first-order valence-corrected chi connectivity index (χ1v) is 7.72. The Morgan fingerprint density at radius 1 is 1.14 bits per heavy atom. The monoisotopic (exact) mass is 331 g/mol. The van der Waals surface area contributed by atoms with E-state index in [9.17, 15) is 13.2 Å². The number of nitrogens with one attached hydrogen (secondary N) is 1. The van der Waals surface area contributed by atoms with Gasteiger partial charge in [-0.15, -0.1) is 0 Å². The lowest BCUT2D eigenvalue weighted by Gasteiger charge is -2.36. The van der Waals surface area contributed by atoms with Crippen LogP contribution in [0.5, 0.6) is 0 Å². The highest BCUT2D eigenvalue weighted by Gasteiger charge is 2.30. The van der Waals surface area contributed by atoms with Gasteiger partial charge in [-0.3, -0.25) is 4.90 Å². The fourth-order valence-electron chi connectivity index (χ4n) is 2.43. The number of alkyl halides is 3. The zero-order valence-electron chi connectivity index (χ0n) is 12.5. The van der Waals surface area contributed by atoms with Gasteiger partial charge in [0, 0.05) is 39.3 Å². The minimum absolute atomic E-state index is 0.600. The summed E-state index contributed by atoms with van der Waals surface area (Å²) < 4.78 is 37.6. The van der Waals surface area contributed by atoms with E-state index in [0.29, 0.717) is 6.54 Å². The molecule has 0 spiro atoms. The number of halogens is 3. The molecule has 2 rings (SSSR count). The first-order valence-electron chi connectivity index (χ1n) is 7.31. The molecule has 1 N–H and O–H groups in total. The number of benzene rings is 1. The van der Waals surface area contributed by atoms with E-state index in [0.717, 1.165) is 55.5 Å².